The minimum absolute atomic E-state index is 0.336. The summed E-state index contributed by atoms with van der Waals surface area (Å²) in [6.07, 6.45) is -0.336. The van der Waals surface area contributed by atoms with Crippen LogP contribution in [0.1, 0.15) is 44.4 Å². The van der Waals surface area contributed by atoms with Gasteiger partial charge in [0.1, 0.15) is 5.75 Å². The number of ether oxygens (including phenoxy) is 1. The van der Waals surface area contributed by atoms with E-state index in [0.29, 0.717) is 18.8 Å². The zero-order valence-electron chi connectivity index (χ0n) is 17.1. The number of aryl methyl sites for hydroxylation is 1. The van der Waals surface area contributed by atoms with E-state index in [1.165, 1.54) is 16.7 Å². The summed E-state index contributed by atoms with van der Waals surface area (Å²) in [6.45, 7) is 11.3. The molecule has 1 amide bonds. The Morgan fingerprint density at radius 2 is 1.57 bits per heavy atom. The molecule has 2 aromatic carbocycles. The number of hydrogen-bond acceptors (Lipinski definition) is 4. The summed E-state index contributed by atoms with van der Waals surface area (Å²) >= 11 is 0. The Morgan fingerprint density at radius 1 is 0.964 bits per heavy atom. The molecule has 4 rings (SSSR count). The van der Waals surface area contributed by atoms with Gasteiger partial charge in [0.2, 0.25) is 0 Å². The molecule has 0 aromatic heterocycles. The van der Waals surface area contributed by atoms with Gasteiger partial charge in [-0.15, -0.1) is 0 Å². The lowest BCUT2D eigenvalue weighted by atomic mass is 9.79. The number of nitrogens with zero attached hydrogens (tertiary/aromatic N) is 1. The van der Waals surface area contributed by atoms with E-state index >= 15 is 0 Å². The van der Waals surface area contributed by atoms with Gasteiger partial charge >= 0.3 is 13.2 Å². The Kier molecular flexibility index (Phi) is 4.51. The summed E-state index contributed by atoms with van der Waals surface area (Å²) in [6, 6.07) is 13.6. The van der Waals surface area contributed by atoms with E-state index in [2.05, 4.69) is 25.1 Å². The lowest BCUT2D eigenvalue weighted by molar-refractivity contribution is 0.00578. The topological polar surface area (TPSA) is 48.0 Å². The molecule has 1 fully saturated rings. The van der Waals surface area contributed by atoms with Crippen LogP contribution >= 0.6 is 0 Å². The average molecular weight is 379 g/mol. The fraction of sp³-hybridized carbons (Fsp3) is 0.409. The van der Waals surface area contributed by atoms with Gasteiger partial charge in [-0.25, -0.2) is 4.79 Å². The Labute approximate surface area is 166 Å². The molecule has 2 heterocycles. The van der Waals surface area contributed by atoms with Gasteiger partial charge in [-0.2, -0.15) is 0 Å². The van der Waals surface area contributed by atoms with Crippen molar-refractivity contribution in [1.29, 1.82) is 0 Å². The summed E-state index contributed by atoms with van der Waals surface area (Å²) < 4.78 is 17.7. The summed E-state index contributed by atoms with van der Waals surface area (Å²) in [5.74, 6) is 0.511. The minimum atomic E-state index is -0.425. The van der Waals surface area contributed by atoms with Crippen LogP contribution in [-0.2, 0) is 22.4 Å². The second kappa shape index (κ2) is 6.64. The molecule has 2 aromatic rings. The Balaban J connectivity index is 1.40. The molecule has 2 aliphatic heterocycles. The van der Waals surface area contributed by atoms with Crippen molar-refractivity contribution in [3.8, 4) is 5.75 Å². The number of carbonyl (C=O) groups is 1. The third kappa shape index (κ3) is 3.42. The molecule has 0 spiro atoms. The van der Waals surface area contributed by atoms with Gasteiger partial charge in [-0.1, -0.05) is 35.9 Å². The highest BCUT2D eigenvalue weighted by Gasteiger charge is 2.51. The molecule has 28 heavy (non-hydrogen) atoms. The Hall–Kier alpha value is -2.31. The SMILES string of the molecule is Cc1ccc2c(c1)CN(C(=O)Oc1ccc(B3OC(C)(C)C(C)(C)O3)cc1)C2. The van der Waals surface area contributed by atoms with Crippen LogP contribution in [0, 0.1) is 6.92 Å². The molecule has 0 N–H and O–H groups in total. The molecule has 0 unspecified atom stereocenters. The molecular weight excluding hydrogens is 353 g/mol. The van der Waals surface area contributed by atoms with Crippen LogP contribution in [0.25, 0.3) is 0 Å². The molecule has 0 radical (unpaired) electrons. The van der Waals surface area contributed by atoms with Crippen molar-refractivity contribution in [2.75, 3.05) is 0 Å². The molecule has 2 aliphatic rings. The van der Waals surface area contributed by atoms with Crippen molar-refractivity contribution in [3.05, 3.63) is 59.2 Å². The molecule has 0 saturated carbocycles. The van der Waals surface area contributed by atoms with Crippen LogP contribution in [0.3, 0.4) is 0 Å². The standard InChI is InChI=1S/C22H26BNO4/c1-15-6-7-16-13-24(14-17(16)12-15)20(25)26-19-10-8-18(9-11-19)23-27-21(2,3)22(4,5)28-23/h6-12H,13-14H2,1-5H3. The first-order valence-electron chi connectivity index (χ1n) is 9.65. The molecule has 0 atom stereocenters. The van der Waals surface area contributed by atoms with E-state index in [1.807, 2.05) is 39.8 Å². The highest BCUT2D eigenvalue weighted by Crippen LogP contribution is 2.36. The van der Waals surface area contributed by atoms with Crippen LogP contribution < -0.4 is 10.2 Å². The van der Waals surface area contributed by atoms with Crippen LogP contribution in [0.4, 0.5) is 4.79 Å². The number of fused-ring (bicyclic) bond motifs is 1. The predicted octanol–water partition coefficient (Wildman–Crippen LogP) is 3.81. The van der Waals surface area contributed by atoms with Crippen molar-refractivity contribution < 1.29 is 18.8 Å². The highest BCUT2D eigenvalue weighted by atomic mass is 16.7. The first kappa shape index (κ1) is 19.0. The van der Waals surface area contributed by atoms with Gasteiger partial charge in [-0.3, -0.25) is 4.90 Å². The molecule has 146 valence electrons. The van der Waals surface area contributed by atoms with Gasteiger partial charge in [0.05, 0.1) is 11.2 Å². The van der Waals surface area contributed by atoms with Crippen molar-refractivity contribution in [3.63, 3.8) is 0 Å². The summed E-state index contributed by atoms with van der Waals surface area (Å²) in [7, 11) is -0.425. The van der Waals surface area contributed by atoms with Gasteiger partial charge in [0.25, 0.3) is 0 Å². The quantitative estimate of drug-likeness (QED) is 0.745. The third-order valence-electron chi connectivity index (χ3n) is 5.95. The van der Waals surface area contributed by atoms with Gasteiger partial charge in [0.15, 0.2) is 0 Å². The fourth-order valence-corrected chi connectivity index (χ4v) is 3.49. The van der Waals surface area contributed by atoms with Crippen LogP contribution in [0.2, 0.25) is 0 Å². The summed E-state index contributed by atoms with van der Waals surface area (Å²) in [5.41, 5.74) is 3.71. The van der Waals surface area contributed by atoms with Gasteiger partial charge in [-0.05, 0) is 63.3 Å². The molecular formula is C22H26BNO4. The summed E-state index contributed by atoms with van der Waals surface area (Å²) in [4.78, 5) is 14.2. The predicted molar refractivity (Wildman–Crippen MR) is 109 cm³/mol. The number of carbonyl (C=O) groups excluding carboxylic acids is 1. The lowest BCUT2D eigenvalue weighted by Crippen LogP contribution is -2.41. The van der Waals surface area contributed by atoms with E-state index in [1.54, 1.807) is 17.0 Å². The Bertz CT molecular complexity index is 891. The third-order valence-corrected chi connectivity index (χ3v) is 5.95. The maximum Gasteiger partial charge on any atom is 0.494 e. The van der Waals surface area contributed by atoms with Gasteiger partial charge < -0.3 is 14.0 Å². The first-order valence-corrected chi connectivity index (χ1v) is 9.65. The molecule has 6 heteroatoms. The van der Waals surface area contributed by atoms with Crippen molar-refractivity contribution in [2.24, 2.45) is 0 Å². The van der Waals surface area contributed by atoms with Gasteiger partial charge in [0, 0.05) is 13.1 Å². The van der Waals surface area contributed by atoms with E-state index in [-0.39, 0.29) is 17.3 Å². The van der Waals surface area contributed by atoms with Crippen LogP contribution in [0.5, 0.6) is 5.75 Å². The number of benzene rings is 2. The fourth-order valence-electron chi connectivity index (χ4n) is 3.49. The molecule has 5 nitrogen and oxygen atoms in total. The zero-order chi connectivity index (χ0) is 20.1. The molecule has 0 aliphatic carbocycles. The second-order valence-corrected chi connectivity index (χ2v) is 8.65. The van der Waals surface area contributed by atoms with Crippen molar-refractivity contribution >= 4 is 18.7 Å². The monoisotopic (exact) mass is 379 g/mol. The van der Waals surface area contributed by atoms with Crippen LogP contribution in [0.15, 0.2) is 42.5 Å². The zero-order valence-corrected chi connectivity index (χ0v) is 17.1. The largest absolute Gasteiger partial charge is 0.494 e. The maximum absolute atomic E-state index is 12.5. The smallest absolute Gasteiger partial charge is 0.410 e. The summed E-state index contributed by atoms with van der Waals surface area (Å²) in [5, 5.41) is 0. The number of amides is 1. The van der Waals surface area contributed by atoms with Crippen molar-refractivity contribution in [2.45, 2.75) is 58.9 Å². The number of hydrogen-bond donors (Lipinski definition) is 0. The van der Waals surface area contributed by atoms with Crippen LogP contribution in [-0.4, -0.2) is 29.3 Å². The van der Waals surface area contributed by atoms with Crippen molar-refractivity contribution in [1.82, 2.24) is 4.90 Å². The van der Waals surface area contributed by atoms with E-state index < -0.39 is 7.12 Å². The molecule has 1 saturated heterocycles. The van der Waals surface area contributed by atoms with E-state index in [9.17, 15) is 4.79 Å². The minimum Gasteiger partial charge on any atom is -0.410 e. The maximum atomic E-state index is 12.5. The van der Waals surface area contributed by atoms with E-state index in [0.717, 1.165) is 5.46 Å². The highest BCUT2D eigenvalue weighted by molar-refractivity contribution is 6.62. The Morgan fingerprint density at radius 3 is 2.21 bits per heavy atom. The van der Waals surface area contributed by atoms with E-state index in [4.69, 9.17) is 14.0 Å². The first-order chi connectivity index (χ1) is 13.1. The second-order valence-electron chi connectivity index (χ2n) is 8.65. The average Bonchev–Trinajstić information content (AvgIpc) is 3.13. The molecule has 0 bridgehead atoms. The lowest BCUT2D eigenvalue weighted by Gasteiger charge is -2.32. The normalized spacial score (nSPS) is 19.6. The number of rotatable bonds is 2.